The van der Waals surface area contributed by atoms with E-state index in [0.717, 1.165) is 27.9 Å². The topological polar surface area (TPSA) is 32.3 Å². The minimum absolute atomic E-state index is 0.260. The summed E-state index contributed by atoms with van der Waals surface area (Å²) in [5, 5.41) is 12.1. The van der Waals surface area contributed by atoms with Gasteiger partial charge < -0.3 is 10.4 Å². The Morgan fingerprint density at radius 1 is 1.16 bits per heavy atom. The van der Waals surface area contributed by atoms with Gasteiger partial charge in [0.2, 0.25) is 0 Å². The van der Waals surface area contributed by atoms with Gasteiger partial charge in [-0.15, -0.1) is 0 Å². The maximum Gasteiger partial charge on any atom is 0.187 e. The third-order valence-electron chi connectivity index (χ3n) is 2.68. The number of phenols is 1. The molecule has 2 aromatic carbocycles. The predicted molar refractivity (Wildman–Crippen MR) is 74.2 cm³/mol. The maximum absolute atomic E-state index is 13.2. The van der Waals surface area contributed by atoms with Gasteiger partial charge in [0.05, 0.1) is 0 Å². The van der Waals surface area contributed by atoms with Crippen molar-refractivity contribution in [3.8, 4) is 5.75 Å². The van der Waals surface area contributed by atoms with Crippen molar-refractivity contribution in [3.63, 3.8) is 0 Å². The van der Waals surface area contributed by atoms with Crippen LogP contribution in [0.15, 0.2) is 34.8 Å². The molecule has 0 atom stereocenters. The summed E-state index contributed by atoms with van der Waals surface area (Å²) in [6, 6.07) is 7.99. The molecular weight excluding hydrogens is 316 g/mol. The summed E-state index contributed by atoms with van der Waals surface area (Å²) in [6.45, 7) is 2.22. The molecule has 0 radical (unpaired) electrons. The third-order valence-corrected chi connectivity index (χ3v) is 3.37. The highest BCUT2D eigenvalue weighted by Crippen LogP contribution is 2.25. The molecule has 0 heterocycles. The standard InChI is InChI=1S/C14H12BrF2NO/c1-8-2-3-10(15)13(4-8)18-7-9-5-11(16)14(19)12(17)6-9/h2-6,18-19H,7H2,1H3. The molecule has 0 spiro atoms. The lowest BCUT2D eigenvalue weighted by Gasteiger charge is -2.10. The molecule has 2 N–H and O–H groups in total. The Bertz CT molecular complexity index is 593. The first-order valence-corrected chi connectivity index (χ1v) is 6.43. The lowest BCUT2D eigenvalue weighted by molar-refractivity contribution is 0.395. The molecule has 100 valence electrons. The zero-order valence-electron chi connectivity index (χ0n) is 10.2. The van der Waals surface area contributed by atoms with E-state index in [1.807, 2.05) is 25.1 Å². The second-order valence-corrected chi connectivity index (χ2v) is 5.10. The minimum atomic E-state index is -0.958. The molecule has 19 heavy (non-hydrogen) atoms. The first-order chi connectivity index (χ1) is 8.97. The Morgan fingerprint density at radius 3 is 2.42 bits per heavy atom. The van der Waals surface area contributed by atoms with Crippen LogP contribution in [0.4, 0.5) is 14.5 Å². The zero-order chi connectivity index (χ0) is 14.0. The van der Waals surface area contributed by atoms with E-state index in [1.165, 1.54) is 0 Å². The summed E-state index contributed by atoms with van der Waals surface area (Å²) in [7, 11) is 0. The monoisotopic (exact) mass is 327 g/mol. The van der Waals surface area contributed by atoms with E-state index in [4.69, 9.17) is 5.11 Å². The number of phenolic OH excluding ortho intramolecular Hbond substituents is 1. The molecule has 0 aromatic heterocycles. The van der Waals surface area contributed by atoms with Crippen LogP contribution in [0.3, 0.4) is 0 Å². The molecule has 0 saturated heterocycles. The second kappa shape index (κ2) is 5.57. The van der Waals surface area contributed by atoms with Crippen LogP contribution in [-0.4, -0.2) is 5.11 Å². The number of halogens is 3. The number of rotatable bonds is 3. The van der Waals surface area contributed by atoms with Gasteiger partial charge in [-0.05, 0) is 58.2 Å². The number of hydrogen-bond acceptors (Lipinski definition) is 2. The lowest BCUT2D eigenvalue weighted by Crippen LogP contribution is -2.01. The Labute approximate surface area is 118 Å². The molecule has 0 fully saturated rings. The van der Waals surface area contributed by atoms with Gasteiger partial charge in [-0.3, -0.25) is 0 Å². The lowest BCUT2D eigenvalue weighted by atomic mass is 10.2. The zero-order valence-corrected chi connectivity index (χ0v) is 11.8. The molecule has 0 aliphatic heterocycles. The van der Waals surface area contributed by atoms with Gasteiger partial charge >= 0.3 is 0 Å². The Hall–Kier alpha value is -1.62. The van der Waals surface area contributed by atoms with Crippen LogP contribution in [0.25, 0.3) is 0 Å². The second-order valence-electron chi connectivity index (χ2n) is 4.24. The summed E-state index contributed by atoms with van der Waals surface area (Å²) < 4.78 is 27.2. The molecule has 0 saturated carbocycles. The molecule has 5 heteroatoms. The molecule has 2 rings (SSSR count). The fourth-order valence-electron chi connectivity index (χ4n) is 1.69. The fourth-order valence-corrected chi connectivity index (χ4v) is 2.08. The van der Waals surface area contributed by atoms with E-state index in [0.29, 0.717) is 5.56 Å². The molecule has 0 bridgehead atoms. The normalized spacial score (nSPS) is 10.5. The van der Waals surface area contributed by atoms with Crippen molar-refractivity contribution in [1.29, 1.82) is 0 Å². The first-order valence-electron chi connectivity index (χ1n) is 5.64. The van der Waals surface area contributed by atoms with E-state index in [-0.39, 0.29) is 6.54 Å². The quantitative estimate of drug-likeness (QED) is 0.878. The summed E-state index contributed by atoms with van der Waals surface area (Å²) in [5.74, 6) is -2.86. The average Bonchev–Trinajstić information content (AvgIpc) is 2.37. The average molecular weight is 328 g/mol. The van der Waals surface area contributed by atoms with Crippen molar-refractivity contribution in [2.24, 2.45) is 0 Å². The van der Waals surface area contributed by atoms with Crippen LogP contribution >= 0.6 is 15.9 Å². The number of anilines is 1. The van der Waals surface area contributed by atoms with E-state index < -0.39 is 17.4 Å². The van der Waals surface area contributed by atoms with Crippen molar-refractivity contribution < 1.29 is 13.9 Å². The van der Waals surface area contributed by atoms with Crippen LogP contribution in [0.5, 0.6) is 5.75 Å². The Balaban J connectivity index is 2.17. The molecule has 0 amide bonds. The highest BCUT2D eigenvalue weighted by molar-refractivity contribution is 9.10. The van der Waals surface area contributed by atoms with Gasteiger partial charge in [0, 0.05) is 16.7 Å². The van der Waals surface area contributed by atoms with E-state index >= 15 is 0 Å². The molecule has 2 nitrogen and oxygen atoms in total. The Kier molecular flexibility index (Phi) is 4.04. The fraction of sp³-hybridized carbons (Fsp3) is 0.143. The number of benzene rings is 2. The number of nitrogens with one attached hydrogen (secondary N) is 1. The van der Waals surface area contributed by atoms with Crippen molar-refractivity contribution in [2.45, 2.75) is 13.5 Å². The van der Waals surface area contributed by atoms with E-state index in [2.05, 4.69) is 21.2 Å². The molecule has 2 aromatic rings. The summed E-state index contributed by atoms with van der Waals surface area (Å²) in [6.07, 6.45) is 0. The predicted octanol–water partition coefficient (Wildman–Crippen LogP) is 4.35. The van der Waals surface area contributed by atoms with Gasteiger partial charge in [-0.1, -0.05) is 6.07 Å². The Morgan fingerprint density at radius 2 is 1.79 bits per heavy atom. The highest BCUT2D eigenvalue weighted by Gasteiger charge is 2.09. The number of aromatic hydroxyl groups is 1. The van der Waals surface area contributed by atoms with Crippen molar-refractivity contribution in [2.75, 3.05) is 5.32 Å². The van der Waals surface area contributed by atoms with E-state index in [9.17, 15) is 8.78 Å². The summed E-state index contributed by atoms with van der Waals surface area (Å²) in [5.41, 5.74) is 2.34. The number of aryl methyl sites for hydroxylation is 1. The smallest absolute Gasteiger partial charge is 0.187 e. The summed E-state index contributed by atoms with van der Waals surface area (Å²) in [4.78, 5) is 0. The van der Waals surface area contributed by atoms with Crippen LogP contribution in [-0.2, 0) is 6.54 Å². The van der Waals surface area contributed by atoms with Crippen molar-refractivity contribution in [1.82, 2.24) is 0 Å². The van der Waals surface area contributed by atoms with Gasteiger partial charge in [0.15, 0.2) is 17.4 Å². The van der Waals surface area contributed by atoms with Gasteiger partial charge in [-0.25, -0.2) is 8.78 Å². The minimum Gasteiger partial charge on any atom is -0.503 e. The molecule has 0 aliphatic rings. The van der Waals surface area contributed by atoms with Crippen LogP contribution < -0.4 is 5.32 Å². The number of hydrogen-bond donors (Lipinski definition) is 2. The van der Waals surface area contributed by atoms with Crippen LogP contribution in [0, 0.1) is 18.6 Å². The van der Waals surface area contributed by atoms with Crippen LogP contribution in [0.2, 0.25) is 0 Å². The highest BCUT2D eigenvalue weighted by atomic mass is 79.9. The SMILES string of the molecule is Cc1ccc(Br)c(NCc2cc(F)c(O)c(F)c2)c1. The molecule has 0 unspecified atom stereocenters. The molecular formula is C14H12BrF2NO. The third kappa shape index (κ3) is 3.23. The van der Waals surface area contributed by atoms with Crippen LogP contribution in [0.1, 0.15) is 11.1 Å². The van der Waals surface area contributed by atoms with Gasteiger partial charge in [0.1, 0.15) is 0 Å². The maximum atomic E-state index is 13.2. The molecule has 0 aliphatic carbocycles. The van der Waals surface area contributed by atoms with Crippen molar-refractivity contribution >= 4 is 21.6 Å². The largest absolute Gasteiger partial charge is 0.503 e. The van der Waals surface area contributed by atoms with Gasteiger partial charge in [-0.2, -0.15) is 0 Å². The van der Waals surface area contributed by atoms with E-state index in [1.54, 1.807) is 0 Å². The first kappa shape index (κ1) is 13.8. The van der Waals surface area contributed by atoms with Crippen molar-refractivity contribution in [3.05, 3.63) is 57.6 Å². The van der Waals surface area contributed by atoms with Gasteiger partial charge in [0.25, 0.3) is 0 Å². The summed E-state index contributed by atoms with van der Waals surface area (Å²) >= 11 is 3.39.